The van der Waals surface area contributed by atoms with Crippen LogP contribution >= 0.6 is 0 Å². The van der Waals surface area contributed by atoms with E-state index in [4.69, 9.17) is 4.42 Å². The zero-order valence-electron chi connectivity index (χ0n) is 19.8. The molecule has 2 heterocycles. The number of carbonyl (C=O) groups excluding carboxylic acids is 2. The summed E-state index contributed by atoms with van der Waals surface area (Å²) in [5, 5.41) is 3.00. The molecular formula is C27H31N3O3. The smallest absolute Gasteiger partial charge is 0.258 e. The molecule has 0 unspecified atom stereocenters. The van der Waals surface area contributed by atoms with Gasteiger partial charge in [-0.05, 0) is 55.2 Å². The molecule has 0 spiro atoms. The fourth-order valence-corrected chi connectivity index (χ4v) is 4.16. The lowest BCUT2D eigenvalue weighted by molar-refractivity contribution is -0.122. The minimum absolute atomic E-state index is 0.0500. The van der Waals surface area contributed by atoms with E-state index in [1.54, 1.807) is 0 Å². The molecule has 2 aromatic carbocycles. The number of aromatic nitrogens is 1. The Bertz CT molecular complexity index is 1180. The summed E-state index contributed by atoms with van der Waals surface area (Å²) in [6, 6.07) is 13.5. The summed E-state index contributed by atoms with van der Waals surface area (Å²) >= 11 is 0. The molecule has 3 aromatic rings. The van der Waals surface area contributed by atoms with Crippen molar-refractivity contribution in [3.05, 3.63) is 70.7 Å². The van der Waals surface area contributed by atoms with Gasteiger partial charge in [0.25, 0.3) is 5.91 Å². The van der Waals surface area contributed by atoms with Crippen LogP contribution in [0.1, 0.15) is 59.8 Å². The lowest BCUT2D eigenvalue weighted by Crippen LogP contribution is -2.32. The molecule has 6 heteroatoms. The van der Waals surface area contributed by atoms with Crippen LogP contribution in [0.5, 0.6) is 0 Å². The number of nitrogens with zero attached hydrogens (tertiary/aromatic N) is 2. The highest BCUT2D eigenvalue weighted by molar-refractivity contribution is 6.08. The van der Waals surface area contributed by atoms with Crippen molar-refractivity contribution in [2.24, 2.45) is 5.92 Å². The Hall–Kier alpha value is -3.41. The third-order valence-corrected chi connectivity index (χ3v) is 6.05. The average molecular weight is 446 g/mol. The van der Waals surface area contributed by atoms with Crippen molar-refractivity contribution in [3.8, 4) is 11.3 Å². The van der Waals surface area contributed by atoms with E-state index in [0.717, 1.165) is 46.7 Å². The molecular weight excluding hydrogens is 414 g/mol. The molecule has 1 fully saturated rings. The van der Waals surface area contributed by atoms with Gasteiger partial charge in [-0.1, -0.05) is 32.0 Å². The SMILES string of the molecule is CC.Cc1nc2c(o1)-c1ccccc1N(C(=O)c1ccc(CNC(=O)C3CC3)c(C)c1)CC2. The number of hydrogen-bond donors (Lipinski definition) is 1. The Morgan fingerprint density at radius 2 is 1.88 bits per heavy atom. The number of benzene rings is 2. The molecule has 1 aliphatic heterocycles. The Morgan fingerprint density at radius 1 is 1.12 bits per heavy atom. The molecule has 2 aliphatic rings. The van der Waals surface area contributed by atoms with Gasteiger partial charge in [0.1, 0.15) is 0 Å². The first-order valence-corrected chi connectivity index (χ1v) is 11.8. The topological polar surface area (TPSA) is 75.4 Å². The van der Waals surface area contributed by atoms with Crippen LogP contribution in [-0.4, -0.2) is 23.3 Å². The maximum absolute atomic E-state index is 13.5. The molecule has 172 valence electrons. The molecule has 0 atom stereocenters. The molecule has 5 rings (SSSR count). The van der Waals surface area contributed by atoms with Crippen LogP contribution in [0.25, 0.3) is 11.3 Å². The van der Waals surface area contributed by atoms with Crippen LogP contribution in [0.15, 0.2) is 46.9 Å². The number of anilines is 1. The zero-order chi connectivity index (χ0) is 23.5. The van der Waals surface area contributed by atoms with Crippen LogP contribution in [0.4, 0.5) is 5.69 Å². The lowest BCUT2D eigenvalue weighted by Gasteiger charge is -2.23. The summed E-state index contributed by atoms with van der Waals surface area (Å²) in [4.78, 5) is 31.7. The summed E-state index contributed by atoms with van der Waals surface area (Å²) in [6.45, 7) is 8.85. The van der Waals surface area contributed by atoms with Gasteiger partial charge in [0.2, 0.25) is 5.91 Å². The molecule has 1 N–H and O–H groups in total. The van der Waals surface area contributed by atoms with E-state index in [2.05, 4.69) is 10.3 Å². The minimum atomic E-state index is -0.0500. The number of amides is 2. The molecule has 33 heavy (non-hydrogen) atoms. The molecule has 0 saturated heterocycles. The fourth-order valence-electron chi connectivity index (χ4n) is 4.16. The zero-order valence-corrected chi connectivity index (χ0v) is 19.8. The van der Waals surface area contributed by atoms with Crippen LogP contribution in [0.2, 0.25) is 0 Å². The molecule has 1 saturated carbocycles. The first-order chi connectivity index (χ1) is 16.0. The van der Waals surface area contributed by atoms with Crippen molar-refractivity contribution in [1.29, 1.82) is 0 Å². The molecule has 0 radical (unpaired) electrons. The van der Waals surface area contributed by atoms with Crippen LogP contribution in [-0.2, 0) is 17.8 Å². The van der Waals surface area contributed by atoms with Gasteiger partial charge in [0, 0.05) is 43.5 Å². The van der Waals surface area contributed by atoms with E-state index in [1.807, 2.05) is 75.1 Å². The van der Waals surface area contributed by atoms with E-state index >= 15 is 0 Å². The van der Waals surface area contributed by atoms with E-state index in [0.29, 0.717) is 31.0 Å². The molecule has 0 bridgehead atoms. The summed E-state index contributed by atoms with van der Waals surface area (Å²) in [5.41, 5.74) is 5.27. The van der Waals surface area contributed by atoms with Gasteiger partial charge < -0.3 is 14.6 Å². The number of fused-ring (bicyclic) bond motifs is 3. The number of oxazole rings is 1. The van der Waals surface area contributed by atoms with Crippen LogP contribution in [0, 0.1) is 19.8 Å². The average Bonchev–Trinajstić information content (AvgIpc) is 3.63. The van der Waals surface area contributed by atoms with Gasteiger partial charge in [-0.25, -0.2) is 4.98 Å². The van der Waals surface area contributed by atoms with Gasteiger partial charge in [-0.3, -0.25) is 9.59 Å². The predicted octanol–water partition coefficient (Wildman–Crippen LogP) is 5.21. The van der Waals surface area contributed by atoms with E-state index in [9.17, 15) is 9.59 Å². The third kappa shape index (κ3) is 4.70. The number of aryl methyl sites for hydroxylation is 2. The van der Waals surface area contributed by atoms with Gasteiger partial charge in [-0.2, -0.15) is 0 Å². The third-order valence-electron chi connectivity index (χ3n) is 6.05. The monoisotopic (exact) mass is 445 g/mol. The highest BCUT2D eigenvalue weighted by Crippen LogP contribution is 2.37. The fraction of sp³-hybridized carbons (Fsp3) is 0.370. The number of carbonyl (C=O) groups is 2. The van der Waals surface area contributed by atoms with E-state index in [-0.39, 0.29) is 17.7 Å². The normalized spacial score (nSPS) is 14.4. The van der Waals surface area contributed by atoms with Gasteiger partial charge in [0.05, 0.1) is 11.4 Å². The van der Waals surface area contributed by atoms with Gasteiger partial charge in [-0.15, -0.1) is 0 Å². The first-order valence-electron chi connectivity index (χ1n) is 11.8. The maximum Gasteiger partial charge on any atom is 0.258 e. The summed E-state index contributed by atoms with van der Waals surface area (Å²) in [5.74, 6) is 1.66. The second kappa shape index (κ2) is 9.61. The minimum Gasteiger partial charge on any atom is -0.441 e. The van der Waals surface area contributed by atoms with Gasteiger partial charge >= 0.3 is 0 Å². The number of nitrogens with one attached hydrogen (secondary N) is 1. The highest BCUT2D eigenvalue weighted by atomic mass is 16.4. The quantitative estimate of drug-likeness (QED) is 0.598. The van der Waals surface area contributed by atoms with Crippen molar-refractivity contribution < 1.29 is 14.0 Å². The molecule has 1 aromatic heterocycles. The Labute approximate surface area is 195 Å². The summed E-state index contributed by atoms with van der Waals surface area (Å²) in [6.07, 6.45) is 2.62. The van der Waals surface area contributed by atoms with Crippen LogP contribution in [0.3, 0.4) is 0 Å². The van der Waals surface area contributed by atoms with Crippen molar-refractivity contribution in [3.63, 3.8) is 0 Å². The highest BCUT2D eigenvalue weighted by Gasteiger charge is 2.30. The molecule has 1 aliphatic carbocycles. The predicted molar refractivity (Wildman–Crippen MR) is 129 cm³/mol. The van der Waals surface area contributed by atoms with Gasteiger partial charge in [0.15, 0.2) is 11.7 Å². The standard InChI is InChI=1S/C25H25N3O3.C2H6/c1-15-13-18(9-10-19(15)14-26-24(29)17-7-8-17)25(30)28-12-11-21-23(31-16(2)27-21)20-5-3-4-6-22(20)28;1-2/h3-6,9-10,13,17H,7-8,11-12,14H2,1-2H3,(H,26,29);1-2H3. The largest absolute Gasteiger partial charge is 0.441 e. The first kappa shape index (κ1) is 22.8. The Kier molecular flexibility index (Phi) is 6.63. The summed E-state index contributed by atoms with van der Waals surface area (Å²) < 4.78 is 5.86. The second-order valence-corrected chi connectivity index (χ2v) is 8.37. The van der Waals surface area contributed by atoms with Crippen molar-refractivity contribution in [2.45, 2.75) is 53.5 Å². The Morgan fingerprint density at radius 3 is 2.61 bits per heavy atom. The summed E-state index contributed by atoms with van der Waals surface area (Å²) in [7, 11) is 0. The lowest BCUT2D eigenvalue weighted by atomic mass is 10.0. The van der Waals surface area contributed by atoms with Crippen LogP contribution < -0.4 is 10.2 Å². The van der Waals surface area contributed by atoms with E-state index in [1.165, 1.54) is 0 Å². The second-order valence-electron chi connectivity index (χ2n) is 8.37. The van der Waals surface area contributed by atoms with Crippen molar-refractivity contribution >= 4 is 17.5 Å². The number of rotatable bonds is 4. The number of hydrogen-bond acceptors (Lipinski definition) is 4. The van der Waals surface area contributed by atoms with Crippen molar-refractivity contribution in [2.75, 3.05) is 11.4 Å². The maximum atomic E-state index is 13.5. The van der Waals surface area contributed by atoms with E-state index < -0.39 is 0 Å². The number of para-hydroxylation sites is 1. The molecule has 6 nitrogen and oxygen atoms in total. The Balaban J connectivity index is 0.00000126. The van der Waals surface area contributed by atoms with Crippen molar-refractivity contribution in [1.82, 2.24) is 10.3 Å². The molecule has 2 amide bonds.